The van der Waals surface area contributed by atoms with E-state index < -0.39 is 41.2 Å². The van der Waals surface area contributed by atoms with Gasteiger partial charge < -0.3 is 10.6 Å². The van der Waals surface area contributed by atoms with Crippen LogP contribution in [-0.4, -0.2) is 11.0 Å². The van der Waals surface area contributed by atoms with E-state index in [0.717, 1.165) is 46.2 Å². The van der Waals surface area contributed by atoms with Gasteiger partial charge in [0, 0.05) is 15.5 Å². The lowest BCUT2D eigenvalue weighted by molar-refractivity contribution is -0.139. The average molecular weight is 565 g/mol. The highest BCUT2D eigenvalue weighted by atomic mass is 127. The van der Waals surface area contributed by atoms with E-state index in [9.17, 15) is 31.1 Å². The summed E-state index contributed by atoms with van der Waals surface area (Å²) < 4.78 is 80.2. The number of hydrogen-bond donors (Lipinski definition) is 2. The fourth-order valence-electron chi connectivity index (χ4n) is 2.93. The standard InChI is InChI=1S/C21H14F6IN3O/c22-20(23,24)13-8-6-12(7-9-13)17(18-16(21(25,26)27)5-2-10-29-18)31-19(32)30-15-4-1-3-14(28)11-15/h1-11,17H,(H2,30,31,32). The summed E-state index contributed by atoms with van der Waals surface area (Å²) in [7, 11) is 0. The summed E-state index contributed by atoms with van der Waals surface area (Å²) in [6.45, 7) is 0. The lowest BCUT2D eigenvalue weighted by Gasteiger charge is -2.23. The first-order chi connectivity index (χ1) is 14.9. The molecule has 0 bridgehead atoms. The smallest absolute Gasteiger partial charge is 0.325 e. The molecule has 0 fully saturated rings. The van der Waals surface area contributed by atoms with E-state index >= 15 is 0 Å². The Hall–Kier alpha value is -2.83. The van der Waals surface area contributed by atoms with Crippen molar-refractivity contribution in [2.75, 3.05) is 5.32 Å². The van der Waals surface area contributed by atoms with Gasteiger partial charge in [-0.25, -0.2) is 4.79 Å². The third-order valence-corrected chi connectivity index (χ3v) is 5.02. The zero-order chi connectivity index (χ0) is 23.5. The molecule has 168 valence electrons. The molecule has 32 heavy (non-hydrogen) atoms. The third-order valence-electron chi connectivity index (χ3n) is 4.35. The summed E-state index contributed by atoms with van der Waals surface area (Å²) in [5.41, 5.74) is -2.24. The number of rotatable bonds is 4. The van der Waals surface area contributed by atoms with Crippen LogP contribution < -0.4 is 10.6 Å². The quantitative estimate of drug-likeness (QED) is 0.276. The predicted molar refractivity (Wildman–Crippen MR) is 114 cm³/mol. The van der Waals surface area contributed by atoms with Crippen LogP contribution in [0.1, 0.15) is 28.4 Å². The Kier molecular flexibility index (Phi) is 6.96. The molecule has 2 amide bonds. The van der Waals surface area contributed by atoms with Crippen molar-refractivity contribution in [3.63, 3.8) is 0 Å². The van der Waals surface area contributed by atoms with Gasteiger partial charge in [-0.3, -0.25) is 4.98 Å². The average Bonchev–Trinajstić information content (AvgIpc) is 2.71. The van der Waals surface area contributed by atoms with E-state index in [4.69, 9.17) is 0 Å². The topological polar surface area (TPSA) is 54.0 Å². The van der Waals surface area contributed by atoms with E-state index in [0.29, 0.717) is 5.69 Å². The van der Waals surface area contributed by atoms with Crippen molar-refractivity contribution in [2.24, 2.45) is 0 Å². The fourth-order valence-corrected chi connectivity index (χ4v) is 3.47. The normalized spacial score (nSPS) is 12.8. The molecule has 0 saturated carbocycles. The summed E-state index contributed by atoms with van der Waals surface area (Å²) in [5, 5.41) is 4.89. The Balaban J connectivity index is 1.99. The Labute approximate surface area is 192 Å². The zero-order valence-electron chi connectivity index (χ0n) is 15.9. The number of hydrogen-bond acceptors (Lipinski definition) is 2. The number of anilines is 1. The number of aromatic nitrogens is 1. The van der Waals surface area contributed by atoms with Crippen molar-refractivity contribution in [3.05, 3.63) is 92.8 Å². The van der Waals surface area contributed by atoms with E-state index in [-0.39, 0.29) is 5.56 Å². The van der Waals surface area contributed by atoms with Crippen molar-refractivity contribution in [3.8, 4) is 0 Å². The minimum atomic E-state index is -4.79. The predicted octanol–water partition coefficient (Wildman–Crippen LogP) is 6.63. The van der Waals surface area contributed by atoms with Crippen molar-refractivity contribution < 1.29 is 31.1 Å². The molecule has 1 atom stereocenters. The van der Waals surface area contributed by atoms with Gasteiger partial charge in [0.1, 0.15) is 0 Å². The van der Waals surface area contributed by atoms with Crippen LogP contribution in [0, 0.1) is 3.57 Å². The fraction of sp³-hybridized carbons (Fsp3) is 0.143. The second-order valence-electron chi connectivity index (χ2n) is 6.60. The maximum atomic E-state index is 13.6. The number of urea groups is 1. The monoisotopic (exact) mass is 565 g/mol. The Bertz CT molecular complexity index is 1100. The molecule has 2 N–H and O–H groups in total. The molecule has 3 aromatic rings. The summed E-state index contributed by atoms with van der Waals surface area (Å²) >= 11 is 2.02. The van der Waals surface area contributed by atoms with Gasteiger partial charge in [0.25, 0.3) is 0 Å². The molecule has 0 aliphatic heterocycles. The molecular formula is C21H14F6IN3O. The van der Waals surface area contributed by atoms with Crippen LogP contribution in [0.2, 0.25) is 0 Å². The molecule has 3 rings (SSSR count). The number of amides is 2. The SMILES string of the molecule is O=C(Nc1cccc(I)c1)NC(c1ccc(C(F)(F)F)cc1)c1ncccc1C(F)(F)F. The van der Waals surface area contributed by atoms with Gasteiger partial charge in [-0.15, -0.1) is 0 Å². The van der Waals surface area contributed by atoms with E-state index in [1.54, 1.807) is 24.3 Å². The second kappa shape index (κ2) is 9.35. The lowest BCUT2D eigenvalue weighted by atomic mass is 9.98. The van der Waals surface area contributed by atoms with Crippen molar-refractivity contribution >= 4 is 34.3 Å². The Morgan fingerprint density at radius 2 is 1.59 bits per heavy atom. The second-order valence-corrected chi connectivity index (χ2v) is 7.84. The number of alkyl halides is 6. The van der Waals surface area contributed by atoms with E-state index in [1.807, 2.05) is 22.6 Å². The number of nitrogens with one attached hydrogen (secondary N) is 2. The minimum Gasteiger partial charge on any atom is -0.325 e. The van der Waals surface area contributed by atoms with Crippen molar-refractivity contribution in [2.45, 2.75) is 18.4 Å². The van der Waals surface area contributed by atoms with Gasteiger partial charge in [-0.1, -0.05) is 18.2 Å². The van der Waals surface area contributed by atoms with Crippen LogP contribution in [0.25, 0.3) is 0 Å². The Morgan fingerprint density at radius 1 is 0.906 bits per heavy atom. The van der Waals surface area contributed by atoms with Gasteiger partial charge in [-0.05, 0) is 70.6 Å². The van der Waals surface area contributed by atoms with Crippen molar-refractivity contribution in [1.82, 2.24) is 10.3 Å². The molecule has 2 aromatic carbocycles. The lowest BCUT2D eigenvalue weighted by Crippen LogP contribution is -2.35. The molecule has 0 saturated heterocycles. The van der Waals surface area contributed by atoms with Gasteiger partial charge in [0.2, 0.25) is 0 Å². The highest BCUT2D eigenvalue weighted by Crippen LogP contribution is 2.36. The van der Waals surface area contributed by atoms with Gasteiger partial charge in [0.15, 0.2) is 0 Å². The van der Waals surface area contributed by atoms with Gasteiger partial charge in [0.05, 0.1) is 22.9 Å². The molecule has 0 aliphatic rings. The van der Waals surface area contributed by atoms with Crippen LogP contribution >= 0.6 is 22.6 Å². The van der Waals surface area contributed by atoms with Crippen LogP contribution in [0.5, 0.6) is 0 Å². The molecule has 0 aliphatic carbocycles. The van der Waals surface area contributed by atoms with E-state index in [1.165, 1.54) is 0 Å². The molecule has 0 spiro atoms. The summed E-state index contributed by atoms with van der Waals surface area (Å²) in [5.74, 6) is 0. The largest absolute Gasteiger partial charge is 0.418 e. The van der Waals surface area contributed by atoms with E-state index in [2.05, 4.69) is 15.6 Å². The van der Waals surface area contributed by atoms with Crippen molar-refractivity contribution in [1.29, 1.82) is 0 Å². The molecule has 4 nitrogen and oxygen atoms in total. The maximum Gasteiger partial charge on any atom is 0.418 e. The van der Waals surface area contributed by atoms with Crippen LogP contribution in [-0.2, 0) is 12.4 Å². The number of carbonyl (C=O) groups excluding carboxylic acids is 1. The first-order valence-electron chi connectivity index (χ1n) is 8.97. The highest BCUT2D eigenvalue weighted by Gasteiger charge is 2.37. The van der Waals surface area contributed by atoms with Crippen LogP contribution in [0.15, 0.2) is 66.9 Å². The molecule has 11 heteroatoms. The van der Waals surface area contributed by atoms with Crippen LogP contribution in [0.3, 0.4) is 0 Å². The number of pyridine rings is 1. The third kappa shape index (κ3) is 5.90. The molecule has 1 aromatic heterocycles. The van der Waals surface area contributed by atoms with Crippen LogP contribution in [0.4, 0.5) is 36.8 Å². The molecule has 0 radical (unpaired) electrons. The zero-order valence-corrected chi connectivity index (χ0v) is 18.1. The summed E-state index contributed by atoms with van der Waals surface area (Å²) in [6, 6.07) is 9.71. The number of benzene rings is 2. The highest BCUT2D eigenvalue weighted by molar-refractivity contribution is 14.1. The number of carbonyl (C=O) groups is 1. The Morgan fingerprint density at radius 3 is 2.19 bits per heavy atom. The minimum absolute atomic E-state index is 0.00000719. The number of nitrogens with zero attached hydrogens (tertiary/aromatic N) is 1. The molecule has 1 heterocycles. The first-order valence-corrected chi connectivity index (χ1v) is 10.1. The summed E-state index contributed by atoms with van der Waals surface area (Å²) in [6.07, 6.45) is -8.30. The first kappa shape index (κ1) is 23.8. The number of halogens is 7. The molecule has 1 unspecified atom stereocenters. The summed E-state index contributed by atoms with van der Waals surface area (Å²) in [4.78, 5) is 16.3. The maximum absolute atomic E-state index is 13.6. The van der Waals surface area contributed by atoms with Gasteiger partial charge >= 0.3 is 18.4 Å². The van der Waals surface area contributed by atoms with Gasteiger partial charge in [-0.2, -0.15) is 26.3 Å². The molecular weight excluding hydrogens is 551 g/mol.